The number of halogens is 1. The van der Waals surface area contributed by atoms with Crippen LogP contribution in [0.25, 0.3) is 5.65 Å². The van der Waals surface area contributed by atoms with Crippen LogP contribution in [0.15, 0.2) is 18.3 Å². The van der Waals surface area contributed by atoms with Crippen LogP contribution in [-0.2, 0) is 0 Å². The smallest absolute Gasteiger partial charge is 0.247 e. The van der Waals surface area contributed by atoms with Crippen molar-refractivity contribution < 1.29 is 5.11 Å². The van der Waals surface area contributed by atoms with Crippen LogP contribution in [0.4, 0.5) is 23.1 Å². The topological polar surface area (TPSA) is 138 Å². The van der Waals surface area contributed by atoms with E-state index >= 15 is 0 Å². The Morgan fingerprint density at radius 3 is 2.51 bits per heavy atom. The van der Waals surface area contributed by atoms with Crippen molar-refractivity contribution in [2.24, 2.45) is 5.92 Å². The van der Waals surface area contributed by atoms with Gasteiger partial charge in [0.2, 0.25) is 5.95 Å². The average Bonchev–Trinajstić information content (AvgIpc) is 3.56. The summed E-state index contributed by atoms with van der Waals surface area (Å²) in [5.74, 6) is 0.975. The molecule has 2 aliphatic rings. The molecule has 5 rings (SSSR count). The van der Waals surface area contributed by atoms with E-state index in [1.165, 1.54) is 10.7 Å². The Labute approximate surface area is 208 Å². The predicted molar refractivity (Wildman–Crippen MR) is 133 cm³/mol. The second kappa shape index (κ2) is 8.88. The SMILES string of the molecule is CC(C)(O)C1CCN(c2cc(C#N)cc(Nc3nc(NC4CC4)c4ncc(C#N)n4n3)c2Cl)CC1. The first kappa shape index (κ1) is 23.2. The Morgan fingerprint density at radius 1 is 1.14 bits per heavy atom. The molecule has 180 valence electrons. The van der Waals surface area contributed by atoms with Gasteiger partial charge in [-0.05, 0) is 57.6 Å². The molecule has 2 aromatic heterocycles. The van der Waals surface area contributed by atoms with E-state index in [1.54, 1.807) is 12.1 Å². The van der Waals surface area contributed by atoms with Crippen LogP contribution in [0.2, 0.25) is 5.02 Å². The number of hydrogen-bond acceptors (Lipinski definition) is 9. The van der Waals surface area contributed by atoms with Crippen LogP contribution >= 0.6 is 11.6 Å². The number of aromatic nitrogens is 4. The number of imidazole rings is 1. The quantitative estimate of drug-likeness (QED) is 0.469. The minimum atomic E-state index is -0.727. The Kier molecular flexibility index (Phi) is 5.87. The van der Waals surface area contributed by atoms with Crippen molar-refractivity contribution in [3.05, 3.63) is 34.6 Å². The van der Waals surface area contributed by atoms with Crippen LogP contribution < -0.4 is 15.5 Å². The largest absolute Gasteiger partial charge is 0.390 e. The molecule has 0 atom stereocenters. The van der Waals surface area contributed by atoms with Gasteiger partial charge in [-0.25, -0.2) is 4.98 Å². The number of benzene rings is 1. The minimum absolute atomic E-state index is 0.205. The summed E-state index contributed by atoms with van der Waals surface area (Å²) >= 11 is 6.83. The lowest BCUT2D eigenvalue weighted by molar-refractivity contribution is 0.00652. The van der Waals surface area contributed by atoms with Crippen LogP contribution in [0.1, 0.15) is 50.8 Å². The third-order valence-electron chi connectivity index (χ3n) is 6.66. The lowest BCUT2D eigenvalue weighted by atomic mass is 9.83. The molecule has 0 unspecified atom stereocenters. The van der Waals surface area contributed by atoms with E-state index in [1.807, 2.05) is 13.8 Å². The molecule has 3 heterocycles. The van der Waals surface area contributed by atoms with Crippen LogP contribution in [0, 0.1) is 28.6 Å². The van der Waals surface area contributed by atoms with Crippen molar-refractivity contribution in [2.45, 2.75) is 51.2 Å². The van der Waals surface area contributed by atoms with Crippen molar-refractivity contribution in [1.29, 1.82) is 10.5 Å². The summed E-state index contributed by atoms with van der Waals surface area (Å²) in [7, 11) is 0. The maximum absolute atomic E-state index is 10.4. The highest BCUT2D eigenvalue weighted by molar-refractivity contribution is 6.36. The standard InChI is InChI=1S/C24H26ClN9O/c1-24(2,35)15-5-7-33(8-6-15)19-10-14(11-26)9-18(20(19)25)30-23-31-21(29-16-3-4-16)22-28-13-17(12-27)34(22)32-23/h9-10,13,15-16,35H,3-8H2,1-2H3,(H2,29,30,31,32). The molecular weight excluding hydrogens is 466 g/mol. The summed E-state index contributed by atoms with van der Waals surface area (Å²) in [6.07, 6.45) is 5.22. The molecule has 0 bridgehead atoms. The molecule has 1 aliphatic carbocycles. The lowest BCUT2D eigenvalue weighted by Crippen LogP contribution is -2.42. The fraction of sp³-hybridized carbons (Fsp3) is 0.458. The van der Waals surface area contributed by atoms with E-state index in [0.29, 0.717) is 33.8 Å². The molecule has 0 radical (unpaired) electrons. The summed E-state index contributed by atoms with van der Waals surface area (Å²) in [6.45, 7) is 5.14. The summed E-state index contributed by atoms with van der Waals surface area (Å²) in [6, 6.07) is 8.07. The van der Waals surface area contributed by atoms with Gasteiger partial charge in [0.25, 0.3) is 0 Å². The van der Waals surface area contributed by atoms with E-state index in [2.05, 4.69) is 42.7 Å². The number of fused-ring (bicyclic) bond motifs is 1. The molecule has 11 heteroatoms. The summed E-state index contributed by atoms with van der Waals surface area (Å²) in [5, 5.41) is 40.9. The number of piperidine rings is 1. The number of nitrogens with zero attached hydrogens (tertiary/aromatic N) is 7. The van der Waals surface area contributed by atoms with Crippen molar-refractivity contribution in [3.63, 3.8) is 0 Å². The molecule has 2 fully saturated rings. The van der Waals surface area contributed by atoms with Gasteiger partial charge in [-0.2, -0.15) is 20.0 Å². The summed E-state index contributed by atoms with van der Waals surface area (Å²) in [4.78, 5) is 11.0. The Bertz CT molecular complexity index is 1350. The fourth-order valence-electron chi connectivity index (χ4n) is 4.47. The molecule has 10 nitrogen and oxygen atoms in total. The average molecular weight is 492 g/mol. The highest BCUT2D eigenvalue weighted by atomic mass is 35.5. The predicted octanol–water partition coefficient (Wildman–Crippen LogP) is 3.83. The number of anilines is 4. The van der Waals surface area contributed by atoms with Crippen molar-refractivity contribution in [3.8, 4) is 12.1 Å². The zero-order valence-corrected chi connectivity index (χ0v) is 20.3. The first-order chi connectivity index (χ1) is 16.8. The van der Waals surface area contributed by atoms with Gasteiger partial charge in [-0.3, -0.25) is 0 Å². The second-order valence-corrected chi connectivity index (χ2v) is 10.1. The highest BCUT2D eigenvalue weighted by Crippen LogP contribution is 2.39. The zero-order chi connectivity index (χ0) is 24.7. The highest BCUT2D eigenvalue weighted by Gasteiger charge is 2.31. The van der Waals surface area contributed by atoms with E-state index < -0.39 is 5.60 Å². The Hall–Kier alpha value is -3.60. The Morgan fingerprint density at radius 2 is 1.89 bits per heavy atom. The van der Waals surface area contributed by atoms with Gasteiger partial charge < -0.3 is 20.6 Å². The van der Waals surface area contributed by atoms with E-state index in [4.69, 9.17) is 11.6 Å². The zero-order valence-electron chi connectivity index (χ0n) is 19.6. The van der Waals surface area contributed by atoms with Gasteiger partial charge in [0.1, 0.15) is 6.07 Å². The van der Waals surface area contributed by atoms with Gasteiger partial charge in [0.05, 0.1) is 39.8 Å². The maximum atomic E-state index is 10.4. The molecule has 1 saturated carbocycles. The lowest BCUT2D eigenvalue weighted by Gasteiger charge is -2.39. The third-order valence-corrected chi connectivity index (χ3v) is 7.06. The van der Waals surface area contributed by atoms with Gasteiger partial charge in [-0.1, -0.05) is 11.6 Å². The first-order valence-corrected chi connectivity index (χ1v) is 12.0. The van der Waals surface area contributed by atoms with E-state index in [0.717, 1.165) is 44.5 Å². The molecule has 35 heavy (non-hydrogen) atoms. The maximum Gasteiger partial charge on any atom is 0.247 e. The van der Waals surface area contributed by atoms with Crippen LogP contribution in [0.3, 0.4) is 0 Å². The molecule has 1 aromatic carbocycles. The van der Waals surface area contributed by atoms with Crippen LogP contribution in [-0.4, -0.2) is 49.4 Å². The van der Waals surface area contributed by atoms with Gasteiger partial charge in [0, 0.05) is 19.1 Å². The number of hydrogen-bond donors (Lipinski definition) is 3. The fourth-order valence-corrected chi connectivity index (χ4v) is 4.75. The molecule has 1 saturated heterocycles. The molecule has 1 aliphatic heterocycles. The monoisotopic (exact) mass is 491 g/mol. The van der Waals surface area contributed by atoms with Gasteiger partial charge in [-0.15, -0.1) is 5.10 Å². The van der Waals surface area contributed by atoms with Crippen molar-refractivity contribution in [2.75, 3.05) is 28.6 Å². The molecule has 0 amide bonds. The van der Waals surface area contributed by atoms with E-state index in [9.17, 15) is 15.6 Å². The Balaban J connectivity index is 1.48. The van der Waals surface area contributed by atoms with E-state index in [-0.39, 0.29) is 17.6 Å². The molecule has 0 spiro atoms. The third kappa shape index (κ3) is 4.68. The number of nitrogens with one attached hydrogen (secondary N) is 2. The number of rotatable bonds is 6. The summed E-state index contributed by atoms with van der Waals surface area (Å²) in [5.41, 5.74) is 1.74. The number of nitriles is 2. The minimum Gasteiger partial charge on any atom is -0.390 e. The first-order valence-electron chi connectivity index (χ1n) is 11.7. The van der Waals surface area contributed by atoms with Gasteiger partial charge in [0.15, 0.2) is 17.2 Å². The molecule has 3 aromatic rings. The molecular formula is C24H26ClN9O. The second-order valence-electron chi connectivity index (χ2n) is 9.70. The van der Waals surface area contributed by atoms with Crippen molar-refractivity contribution >= 4 is 40.4 Å². The van der Waals surface area contributed by atoms with Crippen LogP contribution in [0.5, 0.6) is 0 Å². The normalized spacial score (nSPS) is 16.7. The molecule has 3 N–H and O–H groups in total. The number of aliphatic hydroxyl groups is 1. The van der Waals surface area contributed by atoms with Gasteiger partial charge >= 0.3 is 0 Å². The van der Waals surface area contributed by atoms with Crippen molar-refractivity contribution in [1.82, 2.24) is 19.6 Å². The summed E-state index contributed by atoms with van der Waals surface area (Å²) < 4.78 is 1.45.